The molecule has 0 atom stereocenters. The lowest BCUT2D eigenvalue weighted by atomic mass is 10.1. The maximum Gasteiger partial charge on any atom is 0.227 e. The van der Waals surface area contributed by atoms with E-state index in [0.717, 1.165) is 10.6 Å². The topological polar surface area (TPSA) is 46.2 Å². The monoisotopic (exact) mass is 299 g/mol. The normalized spacial score (nSPS) is 10.1. The average Bonchev–Trinajstić information content (AvgIpc) is 2.54. The van der Waals surface area contributed by atoms with Crippen molar-refractivity contribution in [3.05, 3.63) is 65.7 Å². The van der Waals surface area contributed by atoms with E-state index in [-0.39, 0.29) is 18.1 Å². The molecule has 2 aromatic rings. The number of rotatable bonds is 6. The first kappa shape index (κ1) is 15.3. The van der Waals surface area contributed by atoms with Gasteiger partial charge >= 0.3 is 0 Å². The summed E-state index contributed by atoms with van der Waals surface area (Å²) in [6, 6.07) is 17.6. The SMILES string of the molecule is CNC(=O)CC(=O)c1cccc(SCc2ccccc2)c1. The third-order valence-corrected chi connectivity index (χ3v) is 4.07. The fraction of sp³-hybridized carbons (Fsp3) is 0.176. The fourth-order valence-corrected chi connectivity index (χ4v) is 2.75. The minimum Gasteiger partial charge on any atom is -0.359 e. The van der Waals surface area contributed by atoms with Gasteiger partial charge in [-0.3, -0.25) is 9.59 Å². The van der Waals surface area contributed by atoms with Gasteiger partial charge in [0.05, 0.1) is 6.42 Å². The van der Waals surface area contributed by atoms with E-state index >= 15 is 0 Å². The lowest BCUT2D eigenvalue weighted by Crippen LogP contribution is -2.21. The average molecular weight is 299 g/mol. The number of benzene rings is 2. The molecule has 0 bridgehead atoms. The van der Waals surface area contributed by atoms with Gasteiger partial charge in [-0.1, -0.05) is 42.5 Å². The minimum absolute atomic E-state index is 0.108. The summed E-state index contributed by atoms with van der Waals surface area (Å²) in [6.07, 6.45) is -0.108. The zero-order valence-electron chi connectivity index (χ0n) is 11.8. The summed E-state index contributed by atoms with van der Waals surface area (Å²) >= 11 is 1.68. The Morgan fingerprint density at radius 1 is 1.05 bits per heavy atom. The van der Waals surface area contributed by atoms with E-state index in [1.54, 1.807) is 17.8 Å². The zero-order chi connectivity index (χ0) is 15.1. The van der Waals surface area contributed by atoms with Crippen molar-refractivity contribution in [3.63, 3.8) is 0 Å². The van der Waals surface area contributed by atoms with Crippen molar-refractivity contribution < 1.29 is 9.59 Å². The fourth-order valence-electron chi connectivity index (χ4n) is 1.84. The molecule has 0 aliphatic rings. The largest absolute Gasteiger partial charge is 0.359 e. The number of carbonyl (C=O) groups excluding carboxylic acids is 2. The highest BCUT2D eigenvalue weighted by Crippen LogP contribution is 2.23. The van der Waals surface area contributed by atoms with Crippen LogP contribution in [0.4, 0.5) is 0 Å². The third-order valence-electron chi connectivity index (χ3n) is 3.00. The third kappa shape index (κ3) is 4.76. The van der Waals surface area contributed by atoms with Crippen LogP contribution in [-0.4, -0.2) is 18.7 Å². The lowest BCUT2D eigenvalue weighted by molar-refractivity contribution is -0.119. The Balaban J connectivity index is 2.00. The van der Waals surface area contributed by atoms with Gasteiger partial charge in [0.25, 0.3) is 0 Å². The highest BCUT2D eigenvalue weighted by molar-refractivity contribution is 7.98. The highest BCUT2D eigenvalue weighted by atomic mass is 32.2. The molecule has 0 aliphatic carbocycles. The summed E-state index contributed by atoms with van der Waals surface area (Å²) < 4.78 is 0. The van der Waals surface area contributed by atoms with E-state index in [1.807, 2.05) is 36.4 Å². The van der Waals surface area contributed by atoms with E-state index in [1.165, 1.54) is 12.6 Å². The van der Waals surface area contributed by atoms with Gasteiger partial charge in [-0.2, -0.15) is 0 Å². The summed E-state index contributed by atoms with van der Waals surface area (Å²) in [4.78, 5) is 24.3. The number of Topliss-reactive ketones (excluding diaryl/α,β-unsaturated/α-hetero) is 1. The van der Waals surface area contributed by atoms with Gasteiger partial charge in [0.1, 0.15) is 0 Å². The Bertz CT molecular complexity index is 626. The number of hydrogen-bond donors (Lipinski definition) is 1. The molecule has 0 spiro atoms. The standard InChI is InChI=1S/C17H17NO2S/c1-18-17(20)11-16(19)14-8-5-9-15(10-14)21-12-13-6-3-2-4-7-13/h2-10H,11-12H2,1H3,(H,18,20). The molecule has 0 radical (unpaired) electrons. The molecule has 108 valence electrons. The molecule has 3 nitrogen and oxygen atoms in total. The Labute approximate surface area is 128 Å². The Kier molecular flexibility index (Phi) is 5.58. The summed E-state index contributed by atoms with van der Waals surface area (Å²) in [5.41, 5.74) is 1.82. The Hall–Kier alpha value is -2.07. The van der Waals surface area contributed by atoms with Crippen molar-refractivity contribution in [2.45, 2.75) is 17.1 Å². The van der Waals surface area contributed by atoms with Gasteiger partial charge < -0.3 is 5.32 Å². The van der Waals surface area contributed by atoms with Gasteiger partial charge in [-0.15, -0.1) is 11.8 Å². The maximum atomic E-state index is 12.0. The van der Waals surface area contributed by atoms with Gasteiger partial charge in [-0.25, -0.2) is 0 Å². The van der Waals surface area contributed by atoms with Gasteiger partial charge in [0.2, 0.25) is 5.91 Å². The van der Waals surface area contributed by atoms with Crippen LogP contribution in [0.25, 0.3) is 0 Å². The van der Waals surface area contributed by atoms with Crippen molar-refractivity contribution in [2.24, 2.45) is 0 Å². The van der Waals surface area contributed by atoms with Crippen molar-refractivity contribution in [1.82, 2.24) is 5.32 Å². The molecule has 1 N–H and O–H groups in total. The first-order valence-corrected chi connectivity index (χ1v) is 7.68. The molecule has 1 amide bonds. The quantitative estimate of drug-likeness (QED) is 0.506. The second-order valence-corrected chi connectivity index (χ2v) is 5.62. The molecule has 2 aromatic carbocycles. The molecule has 0 aromatic heterocycles. The number of ketones is 1. The molecular formula is C17H17NO2S. The smallest absolute Gasteiger partial charge is 0.227 e. The summed E-state index contributed by atoms with van der Waals surface area (Å²) in [5.74, 6) is 0.437. The highest BCUT2D eigenvalue weighted by Gasteiger charge is 2.11. The van der Waals surface area contributed by atoms with E-state index in [2.05, 4.69) is 17.4 Å². The van der Waals surface area contributed by atoms with E-state index in [4.69, 9.17) is 0 Å². The van der Waals surface area contributed by atoms with Crippen LogP contribution in [0.15, 0.2) is 59.5 Å². The van der Waals surface area contributed by atoms with Gasteiger partial charge in [0, 0.05) is 23.3 Å². The molecule has 0 saturated carbocycles. The Morgan fingerprint density at radius 3 is 2.52 bits per heavy atom. The van der Waals surface area contributed by atoms with Crippen LogP contribution in [0.3, 0.4) is 0 Å². The molecule has 0 unspecified atom stereocenters. The number of amides is 1. The number of nitrogens with one attached hydrogen (secondary N) is 1. The lowest BCUT2D eigenvalue weighted by Gasteiger charge is -2.05. The first-order valence-electron chi connectivity index (χ1n) is 6.69. The predicted octanol–water partition coefficient (Wildman–Crippen LogP) is 3.30. The second-order valence-electron chi connectivity index (χ2n) is 4.58. The van der Waals surface area contributed by atoms with Crippen LogP contribution in [-0.2, 0) is 10.5 Å². The predicted molar refractivity (Wildman–Crippen MR) is 85.5 cm³/mol. The molecular weight excluding hydrogens is 282 g/mol. The Morgan fingerprint density at radius 2 is 1.81 bits per heavy atom. The van der Waals surface area contributed by atoms with Gasteiger partial charge in [-0.05, 0) is 17.7 Å². The molecule has 0 heterocycles. The molecule has 0 saturated heterocycles. The van der Waals surface area contributed by atoms with Crippen LogP contribution in [0.5, 0.6) is 0 Å². The minimum atomic E-state index is -0.262. The van der Waals surface area contributed by atoms with E-state index in [0.29, 0.717) is 5.56 Å². The zero-order valence-corrected chi connectivity index (χ0v) is 12.7. The number of carbonyl (C=O) groups is 2. The molecule has 0 aliphatic heterocycles. The van der Waals surface area contributed by atoms with Crippen molar-refractivity contribution >= 4 is 23.5 Å². The number of thioether (sulfide) groups is 1. The van der Waals surface area contributed by atoms with Crippen molar-refractivity contribution in [3.8, 4) is 0 Å². The van der Waals surface area contributed by atoms with Gasteiger partial charge in [0.15, 0.2) is 5.78 Å². The van der Waals surface area contributed by atoms with Crippen LogP contribution < -0.4 is 5.32 Å². The maximum absolute atomic E-state index is 12.0. The van der Waals surface area contributed by atoms with Crippen LogP contribution >= 0.6 is 11.8 Å². The first-order chi connectivity index (χ1) is 10.2. The second kappa shape index (κ2) is 7.64. The molecule has 4 heteroatoms. The molecule has 0 fully saturated rings. The van der Waals surface area contributed by atoms with E-state index in [9.17, 15) is 9.59 Å². The summed E-state index contributed by atoms with van der Waals surface area (Å²) in [5, 5.41) is 2.46. The summed E-state index contributed by atoms with van der Waals surface area (Å²) in [7, 11) is 1.53. The van der Waals surface area contributed by atoms with Crippen LogP contribution in [0.1, 0.15) is 22.3 Å². The summed E-state index contributed by atoms with van der Waals surface area (Å²) in [6.45, 7) is 0. The van der Waals surface area contributed by atoms with Crippen molar-refractivity contribution in [2.75, 3.05) is 7.05 Å². The van der Waals surface area contributed by atoms with Crippen LogP contribution in [0.2, 0.25) is 0 Å². The number of hydrogen-bond acceptors (Lipinski definition) is 3. The van der Waals surface area contributed by atoms with E-state index < -0.39 is 0 Å². The molecule has 2 rings (SSSR count). The van der Waals surface area contributed by atoms with Crippen LogP contribution in [0, 0.1) is 0 Å². The van der Waals surface area contributed by atoms with Crippen molar-refractivity contribution in [1.29, 1.82) is 0 Å². The molecule has 21 heavy (non-hydrogen) atoms.